The third-order valence-electron chi connectivity index (χ3n) is 5.74. The molecule has 0 saturated heterocycles. The van der Waals surface area contributed by atoms with Crippen LogP contribution < -0.4 is 24.8 Å². The number of rotatable bonds is 3. The quantitative estimate of drug-likeness (QED) is 0.431. The van der Waals surface area contributed by atoms with E-state index in [1.165, 1.54) is 16.3 Å². The van der Waals surface area contributed by atoms with Gasteiger partial charge in [-0.3, -0.25) is 6.08 Å². The van der Waals surface area contributed by atoms with Crippen molar-refractivity contribution in [1.82, 2.24) is 0 Å². The van der Waals surface area contributed by atoms with E-state index >= 15 is 0 Å². The van der Waals surface area contributed by atoms with E-state index in [2.05, 4.69) is 85.0 Å². The third kappa shape index (κ3) is 5.53. The monoisotopic (exact) mass is 461 g/mol. The molecule has 1 unspecified atom stereocenters. The van der Waals surface area contributed by atoms with Gasteiger partial charge in [-0.05, 0) is 28.4 Å². The van der Waals surface area contributed by atoms with Gasteiger partial charge in [-0.1, -0.05) is 66.8 Å². The van der Waals surface area contributed by atoms with E-state index in [1.54, 1.807) is 0 Å². The van der Waals surface area contributed by atoms with Gasteiger partial charge in [0.05, 0.1) is 13.3 Å². The van der Waals surface area contributed by atoms with Crippen molar-refractivity contribution in [3.63, 3.8) is 0 Å². The maximum atomic E-state index is 6.41. The Labute approximate surface area is 195 Å². The van der Waals surface area contributed by atoms with E-state index < -0.39 is 8.07 Å². The van der Waals surface area contributed by atoms with Crippen molar-refractivity contribution in [3.8, 4) is 0 Å². The summed E-state index contributed by atoms with van der Waals surface area (Å²) in [6, 6.07) is 0. The van der Waals surface area contributed by atoms with Gasteiger partial charge in [-0.2, -0.15) is 6.08 Å². The molecule has 0 aromatic carbocycles. The molecule has 0 amide bonds. The molecule has 5 heteroatoms. The van der Waals surface area contributed by atoms with E-state index in [0.29, 0.717) is 0 Å². The Kier molecular flexibility index (Phi) is 10.9. The predicted molar refractivity (Wildman–Crippen MR) is 107 cm³/mol. The van der Waals surface area contributed by atoms with Crippen LogP contribution >= 0.6 is 0 Å². The fourth-order valence-electron chi connectivity index (χ4n) is 4.13. The molecular weight excluding hydrogens is 427 g/mol. The first-order valence-electron chi connectivity index (χ1n) is 9.12. The number of ether oxygens (including phenoxy) is 1. The molecule has 0 aromatic rings. The number of halogens is 2. The van der Waals surface area contributed by atoms with Crippen molar-refractivity contribution in [2.45, 2.75) is 72.7 Å². The first-order valence-corrected chi connectivity index (χ1v) is 12.1. The Balaban J connectivity index is 0. The summed E-state index contributed by atoms with van der Waals surface area (Å²) < 4.78 is 6.41. The van der Waals surface area contributed by atoms with Crippen LogP contribution in [0.3, 0.4) is 0 Å². The maximum absolute atomic E-state index is 6.41. The van der Waals surface area contributed by atoms with Crippen LogP contribution in [-0.4, -0.2) is 20.4 Å². The second-order valence-electron chi connectivity index (χ2n) is 9.77. The minimum absolute atomic E-state index is 0. The van der Waals surface area contributed by atoms with Crippen molar-refractivity contribution in [2.24, 2.45) is 10.8 Å². The molecular formula is C22H35Cl2OSiTi. The fraction of sp³-hybridized carbons (Fsp3) is 0.636. The Morgan fingerprint density at radius 3 is 1.96 bits per heavy atom. The van der Waals surface area contributed by atoms with Gasteiger partial charge >= 0.3 is 21.7 Å². The first kappa shape index (κ1) is 29.6. The van der Waals surface area contributed by atoms with Crippen molar-refractivity contribution >= 4 is 8.07 Å². The van der Waals surface area contributed by atoms with Gasteiger partial charge < -0.3 is 29.6 Å². The van der Waals surface area contributed by atoms with Gasteiger partial charge in [-0.25, -0.2) is 11.3 Å². The molecule has 0 aromatic heterocycles. The Bertz CT molecular complexity index is 634. The second-order valence-corrected chi connectivity index (χ2v) is 14.4. The number of hydrogen-bond acceptors (Lipinski definition) is 1. The molecule has 1 radical (unpaired) electrons. The average Bonchev–Trinajstić information content (AvgIpc) is 2.99. The molecule has 0 spiro atoms. The van der Waals surface area contributed by atoms with Crippen LogP contribution in [0.4, 0.5) is 0 Å². The normalized spacial score (nSPS) is 22.6. The van der Waals surface area contributed by atoms with E-state index in [0.717, 1.165) is 12.8 Å². The maximum Gasteiger partial charge on any atom is 3.00 e. The molecule has 0 heterocycles. The molecule has 0 aliphatic heterocycles. The summed E-state index contributed by atoms with van der Waals surface area (Å²) in [6.45, 7) is 18.8. The SMILES string of the molecule is COC1([Si](C)(C)C2=[C-]CC=C2)CC=C(C(C)(C)C)C=C1C(C)(C)C.[Cl-].[Cl-].[Ti+3]. The predicted octanol–water partition coefficient (Wildman–Crippen LogP) is 0.202. The molecule has 0 fully saturated rings. The first-order chi connectivity index (χ1) is 10.9. The molecule has 1 atom stereocenters. The summed E-state index contributed by atoms with van der Waals surface area (Å²) in [5.41, 5.74) is 3.13. The molecule has 2 aliphatic rings. The minimum atomic E-state index is -1.90. The molecule has 27 heavy (non-hydrogen) atoms. The molecule has 0 saturated carbocycles. The third-order valence-corrected chi connectivity index (χ3v) is 10.1. The van der Waals surface area contributed by atoms with Crippen molar-refractivity contribution in [3.05, 3.63) is 46.7 Å². The van der Waals surface area contributed by atoms with Crippen LogP contribution in [0, 0.1) is 16.9 Å². The number of hydrogen-bond donors (Lipinski definition) is 0. The molecule has 1 nitrogen and oxygen atoms in total. The zero-order chi connectivity index (χ0) is 18.4. The zero-order valence-electron chi connectivity index (χ0n) is 18.4. The molecule has 2 aliphatic carbocycles. The summed E-state index contributed by atoms with van der Waals surface area (Å²) >= 11 is 0. The molecule has 0 bridgehead atoms. The zero-order valence-corrected chi connectivity index (χ0v) is 22.5. The Hall–Kier alpha value is 0.431. The van der Waals surface area contributed by atoms with Crippen LogP contribution in [0.2, 0.25) is 13.1 Å². The second kappa shape index (κ2) is 9.96. The molecule has 151 valence electrons. The van der Waals surface area contributed by atoms with Crippen LogP contribution in [0.15, 0.2) is 40.6 Å². The topological polar surface area (TPSA) is 9.23 Å². The summed E-state index contributed by atoms with van der Waals surface area (Å²) in [6.07, 6.45) is 14.9. The van der Waals surface area contributed by atoms with Crippen molar-refractivity contribution in [1.29, 1.82) is 0 Å². The van der Waals surface area contributed by atoms with E-state index in [9.17, 15) is 0 Å². The summed E-state index contributed by atoms with van der Waals surface area (Å²) in [7, 11) is 0.00863. The van der Waals surface area contributed by atoms with E-state index in [-0.39, 0.29) is 62.6 Å². The van der Waals surface area contributed by atoms with Crippen LogP contribution in [0.5, 0.6) is 0 Å². The standard InChI is InChI=1S/C22H35OSi.2ClH.Ti/c1-20(2,3)17-14-15-22(23-7,19(16-17)21(4,5)6)24(8,9)18-12-10-11-13-18;;;/h10,12,14,16H,11,15H2,1-9H3;2*1H;/q-1;;;+3/p-2. The van der Waals surface area contributed by atoms with Gasteiger partial charge in [0.15, 0.2) is 0 Å². The van der Waals surface area contributed by atoms with Crippen molar-refractivity contribution < 1.29 is 51.3 Å². The van der Waals surface area contributed by atoms with Crippen LogP contribution in [-0.2, 0) is 26.5 Å². The minimum Gasteiger partial charge on any atom is -1.00 e. The number of methoxy groups -OCH3 is 1. The summed E-state index contributed by atoms with van der Waals surface area (Å²) in [5, 5.41) is 1.21. The van der Waals surface area contributed by atoms with Gasteiger partial charge in [0, 0.05) is 7.11 Å². The van der Waals surface area contributed by atoms with Gasteiger partial charge in [0.25, 0.3) is 0 Å². The summed E-state index contributed by atoms with van der Waals surface area (Å²) in [4.78, 5) is 0. The molecule has 2 rings (SSSR count). The smallest absolute Gasteiger partial charge is 1.00 e. The Morgan fingerprint density at radius 1 is 1.04 bits per heavy atom. The van der Waals surface area contributed by atoms with Gasteiger partial charge in [0.2, 0.25) is 0 Å². The van der Waals surface area contributed by atoms with E-state index in [4.69, 9.17) is 4.74 Å². The van der Waals surface area contributed by atoms with Crippen molar-refractivity contribution in [2.75, 3.05) is 7.11 Å². The fourth-order valence-corrected chi connectivity index (χ4v) is 7.89. The Morgan fingerprint density at radius 2 is 1.59 bits per heavy atom. The number of allylic oxidation sites excluding steroid dienone is 6. The largest absolute Gasteiger partial charge is 3.00 e. The molecule has 0 N–H and O–H groups in total. The average molecular weight is 462 g/mol. The van der Waals surface area contributed by atoms with Gasteiger partial charge in [-0.15, -0.1) is 6.42 Å². The summed E-state index contributed by atoms with van der Waals surface area (Å²) in [5.74, 6) is 0. The van der Waals surface area contributed by atoms with Crippen LogP contribution in [0.25, 0.3) is 0 Å². The van der Waals surface area contributed by atoms with E-state index in [1.807, 2.05) is 7.11 Å². The van der Waals surface area contributed by atoms with Gasteiger partial charge in [0.1, 0.15) is 0 Å². The van der Waals surface area contributed by atoms with Crippen LogP contribution in [0.1, 0.15) is 54.4 Å².